The molecule has 0 unspecified atom stereocenters. The second-order valence-electron chi connectivity index (χ2n) is 3.73. The van der Waals surface area contributed by atoms with Gasteiger partial charge in [0, 0.05) is 17.8 Å². The first-order chi connectivity index (χ1) is 9.10. The fraction of sp³-hybridized carbons (Fsp3) is 0.167. The highest BCUT2D eigenvalue weighted by Crippen LogP contribution is 2.18. The third-order valence-corrected chi connectivity index (χ3v) is 3.56. The summed E-state index contributed by atoms with van der Waals surface area (Å²) in [5.74, 6) is -0.258. The van der Waals surface area contributed by atoms with E-state index in [0.717, 1.165) is 11.4 Å². The number of aryl methyl sites for hydroxylation is 1. The normalized spacial score (nSPS) is 10.2. The van der Waals surface area contributed by atoms with Gasteiger partial charge in [-0.3, -0.25) is 14.9 Å². The van der Waals surface area contributed by atoms with Gasteiger partial charge in [-0.15, -0.1) is 11.3 Å². The maximum Gasteiger partial charge on any atom is 0.269 e. The Balaban J connectivity index is 2.08. The highest BCUT2D eigenvalue weighted by molar-refractivity contribution is 7.13. The lowest BCUT2D eigenvalue weighted by Crippen LogP contribution is -2.09. The first-order valence-electron chi connectivity index (χ1n) is 5.60. The summed E-state index contributed by atoms with van der Waals surface area (Å²) in [6.07, 6.45) is 2.32. The van der Waals surface area contributed by atoms with Gasteiger partial charge in [-0.2, -0.15) is 0 Å². The molecule has 1 heterocycles. The Kier molecular flexibility index (Phi) is 3.86. The molecule has 0 aliphatic heterocycles. The number of benzene rings is 1. The number of hydrogen-bond acceptors (Lipinski definition) is 5. The van der Waals surface area contributed by atoms with Crippen LogP contribution >= 0.6 is 11.3 Å². The van der Waals surface area contributed by atoms with Crippen LogP contribution in [0.1, 0.15) is 21.6 Å². The first kappa shape index (κ1) is 13.2. The lowest BCUT2D eigenvalue weighted by atomic mass is 10.3. The predicted octanol–water partition coefficient (Wildman–Crippen LogP) is 2.87. The van der Waals surface area contributed by atoms with E-state index in [0.29, 0.717) is 10.6 Å². The molecule has 1 N–H and O–H groups in total. The molecule has 0 atom stereocenters. The van der Waals surface area contributed by atoms with Gasteiger partial charge in [0.25, 0.3) is 11.6 Å². The lowest BCUT2D eigenvalue weighted by Gasteiger charge is -2.02. The monoisotopic (exact) mass is 277 g/mol. The van der Waals surface area contributed by atoms with E-state index in [9.17, 15) is 14.9 Å². The first-order valence-corrected chi connectivity index (χ1v) is 6.42. The molecule has 0 saturated carbocycles. The second kappa shape index (κ2) is 5.57. The topological polar surface area (TPSA) is 85.1 Å². The summed E-state index contributed by atoms with van der Waals surface area (Å²) in [4.78, 5) is 26.5. The summed E-state index contributed by atoms with van der Waals surface area (Å²) < 4.78 is 0. The Bertz CT molecular complexity index is 607. The zero-order chi connectivity index (χ0) is 13.8. The van der Waals surface area contributed by atoms with Gasteiger partial charge in [-0.05, 0) is 18.6 Å². The van der Waals surface area contributed by atoms with Crippen LogP contribution in [-0.4, -0.2) is 15.8 Å². The quantitative estimate of drug-likeness (QED) is 0.687. The van der Waals surface area contributed by atoms with Crippen LogP contribution in [0.3, 0.4) is 0 Å². The van der Waals surface area contributed by atoms with Crippen molar-refractivity contribution in [1.82, 2.24) is 4.98 Å². The summed E-state index contributed by atoms with van der Waals surface area (Å²) >= 11 is 1.34. The van der Waals surface area contributed by atoms with Crippen molar-refractivity contribution in [3.63, 3.8) is 0 Å². The van der Waals surface area contributed by atoms with Crippen LogP contribution < -0.4 is 5.32 Å². The van der Waals surface area contributed by atoms with E-state index in [4.69, 9.17) is 0 Å². The number of thiazole rings is 1. The van der Waals surface area contributed by atoms with E-state index >= 15 is 0 Å². The summed E-state index contributed by atoms with van der Waals surface area (Å²) in [6.45, 7) is 1.97. The van der Waals surface area contributed by atoms with Crippen molar-refractivity contribution < 1.29 is 9.72 Å². The van der Waals surface area contributed by atoms with Crippen molar-refractivity contribution in [2.45, 2.75) is 13.3 Å². The number of amides is 1. The minimum atomic E-state index is -0.484. The van der Waals surface area contributed by atoms with E-state index < -0.39 is 4.92 Å². The van der Waals surface area contributed by atoms with E-state index in [1.54, 1.807) is 0 Å². The Hall–Kier alpha value is -2.28. The zero-order valence-electron chi connectivity index (χ0n) is 10.1. The average molecular weight is 277 g/mol. The number of carbonyl (C=O) groups excluding carboxylic acids is 1. The van der Waals surface area contributed by atoms with E-state index in [-0.39, 0.29) is 11.6 Å². The molecule has 0 fully saturated rings. The molecule has 0 radical (unpaired) electrons. The van der Waals surface area contributed by atoms with Crippen LogP contribution in [0.4, 0.5) is 11.4 Å². The third kappa shape index (κ3) is 3.14. The van der Waals surface area contributed by atoms with E-state index in [1.807, 2.05) is 6.92 Å². The smallest absolute Gasteiger partial charge is 0.269 e. The number of nitrogens with zero attached hydrogens (tertiary/aromatic N) is 2. The third-order valence-electron chi connectivity index (χ3n) is 2.42. The summed E-state index contributed by atoms with van der Waals surface area (Å²) in [5, 5.41) is 14.1. The maximum absolute atomic E-state index is 11.9. The van der Waals surface area contributed by atoms with Crippen molar-refractivity contribution >= 4 is 28.6 Å². The Morgan fingerprint density at radius 3 is 2.63 bits per heavy atom. The molecule has 19 heavy (non-hydrogen) atoms. The standard InChI is InChI=1S/C12H11N3O3S/c1-2-11-13-7-10(19-11)12(16)14-8-3-5-9(6-4-8)15(17)18/h3-7H,2H2,1H3,(H,14,16). The molecule has 0 bridgehead atoms. The average Bonchev–Trinajstić information content (AvgIpc) is 2.88. The molecule has 1 aromatic carbocycles. The lowest BCUT2D eigenvalue weighted by molar-refractivity contribution is -0.384. The number of aromatic nitrogens is 1. The van der Waals surface area contributed by atoms with Crippen LogP contribution in [0.5, 0.6) is 0 Å². The number of non-ortho nitro benzene ring substituents is 1. The summed E-state index contributed by atoms with van der Waals surface area (Å²) in [7, 11) is 0. The predicted molar refractivity (Wildman–Crippen MR) is 72.5 cm³/mol. The Labute approximate surface area is 113 Å². The van der Waals surface area contributed by atoms with Crippen molar-refractivity contribution in [1.29, 1.82) is 0 Å². The molecule has 7 heteroatoms. The van der Waals surface area contributed by atoms with E-state index in [2.05, 4.69) is 10.3 Å². The maximum atomic E-state index is 11.9. The van der Waals surface area contributed by atoms with Gasteiger partial charge in [0.15, 0.2) is 0 Å². The molecule has 98 valence electrons. The van der Waals surface area contributed by atoms with Gasteiger partial charge < -0.3 is 5.32 Å². The molecule has 2 aromatic rings. The number of nitro groups is 1. The minimum Gasteiger partial charge on any atom is -0.321 e. The van der Waals surface area contributed by atoms with Crippen LogP contribution in [-0.2, 0) is 6.42 Å². The number of rotatable bonds is 4. The fourth-order valence-corrected chi connectivity index (χ4v) is 2.19. The van der Waals surface area contributed by atoms with Gasteiger partial charge in [-0.1, -0.05) is 6.92 Å². The minimum absolute atomic E-state index is 0.0101. The molecule has 6 nitrogen and oxygen atoms in total. The van der Waals surface area contributed by atoms with Gasteiger partial charge in [-0.25, -0.2) is 4.98 Å². The zero-order valence-corrected chi connectivity index (χ0v) is 10.9. The van der Waals surface area contributed by atoms with Crippen molar-refractivity contribution in [2.75, 3.05) is 5.32 Å². The van der Waals surface area contributed by atoms with Gasteiger partial charge >= 0.3 is 0 Å². The van der Waals surface area contributed by atoms with Crippen molar-refractivity contribution in [3.8, 4) is 0 Å². The van der Waals surface area contributed by atoms with Crippen molar-refractivity contribution in [2.24, 2.45) is 0 Å². The number of nitrogens with one attached hydrogen (secondary N) is 1. The molecule has 1 aromatic heterocycles. The largest absolute Gasteiger partial charge is 0.321 e. The molecule has 1 amide bonds. The van der Waals surface area contributed by atoms with Gasteiger partial charge in [0.1, 0.15) is 4.88 Å². The molecular weight excluding hydrogens is 266 g/mol. The summed E-state index contributed by atoms with van der Waals surface area (Å²) in [6, 6.07) is 5.69. The molecule has 0 saturated heterocycles. The van der Waals surface area contributed by atoms with Crippen LogP contribution in [0.2, 0.25) is 0 Å². The number of nitro benzene ring substituents is 1. The molecule has 0 aliphatic rings. The van der Waals surface area contributed by atoms with Gasteiger partial charge in [0.05, 0.1) is 16.1 Å². The number of carbonyl (C=O) groups is 1. The number of anilines is 1. The number of hydrogen-bond donors (Lipinski definition) is 1. The highest BCUT2D eigenvalue weighted by atomic mass is 32.1. The molecular formula is C12H11N3O3S. The van der Waals surface area contributed by atoms with Crippen molar-refractivity contribution in [3.05, 3.63) is 50.5 Å². The Morgan fingerprint density at radius 1 is 1.42 bits per heavy atom. The Morgan fingerprint density at radius 2 is 2.11 bits per heavy atom. The highest BCUT2D eigenvalue weighted by Gasteiger charge is 2.11. The second-order valence-corrected chi connectivity index (χ2v) is 4.85. The summed E-state index contributed by atoms with van der Waals surface area (Å²) in [5.41, 5.74) is 0.506. The molecule has 0 spiro atoms. The molecule has 0 aliphatic carbocycles. The SMILES string of the molecule is CCc1ncc(C(=O)Nc2ccc([N+](=O)[O-])cc2)s1. The van der Waals surface area contributed by atoms with Crippen LogP contribution in [0, 0.1) is 10.1 Å². The van der Waals surface area contributed by atoms with E-state index in [1.165, 1.54) is 41.8 Å². The fourth-order valence-electron chi connectivity index (χ4n) is 1.44. The van der Waals surface area contributed by atoms with Crippen LogP contribution in [0.15, 0.2) is 30.5 Å². The molecule has 2 rings (SSSR count). The van der Waals surface area contributed by atoms with Crippen LogP contribution in [0.25, 0.3) is 0 Å². The van der Waals surface area contributed by atoms with Gasteiger partial charge in [0.2, 0.25) is 0 Å².